The molecule has 0 radical (unpaired) electrons. The van der Waals surface area contributed by atoms with E-state index in [9.17, 15) is 24.3 Å². The predicted molar refractivity (Wildman–Crippen MR) is 210 cm³/mol. The maximum Gasteiger partial charge on any atom is 0.408 e. The number of pyridine rings is 1. The standard InChI is InChI=1S/C40H52ClN5O8S/c1-8-22-16-40(22,37(49)50)45-34(47)28-14-24(17-46(28)36(48)33(39(4,5)6)44-38(51)54-23-12-20-11-21(20)13-23)53-30-15-26(35-43-27(18-55-35)19(2)3)42-32-25(30)9-10-29(52-7)31(32)41/h9-10,15,19-24,27-28,33H,8,11-14,16-18H2,1-7H3,(H,44,51)(H,45,47)(H,49,50)/t20-,21+,22-,23?,24-,27?,28+,33-,40-/m1/s1. The largest absolute Gasteiger partial charge is 0.495 e. The first-order valence-electron chi connectivity index (χ1n) is 19.4. The SMILES string of the molecule is CC[C@@H]1C[C@]1(NC(=O)[C@@H]1C[C@@H](Oc2cc(C3=NC(C(C)C)CS3)nc3c(Cl)c(OC)ccc23)CN1C(=O)[C@@H](NC(=O)OC1C[C@@H]2C[C@@H]2C1)C(C)(C)C)C(=O)O. The number of methoxy groups -OCH3 is 1. The summed E-state index contributed by atoms with van der Waals surface area (Å²) in [5, 5.41) is 17.5. The Kier molecular flexibility index (Phi) is 10.7. The number of likely N-dealkylation sites (tertiary alicyclic amines) is 1. The average molecular weight is 798 g/mol. The van der Waals surface area contributed by atoms with Gasteiger partial charge < -0.3 is 34.9 Å². The summed E-state index contributed by atoms with van der Waals surface area (Å²) in [5.74, 6) is 0.889. The summed E-state index contributed by atoms with van der Waals surface area (Å²) < 4.78 is 18.0. The first kappa shape index (κ1) is 39.5. The Hall–Kier alpha value is -3.78. The van der Waals surface area contributed by atoms with Gasteiger partial charge in [0.25, 0.3) is 0 Å². The van der Waals surface area contributed by atoms with Crippen molar-refractivity contribution in [1.29, 1.82) is 0 Å². The van der Waals surface area contributed by atoms with Gasteiger partial charge in [0.15, 0.2) is 0 Å². The number of carboxylic acid groups (broad SMARTS) is 1. The summed E-state index contributed by atoms with van der Waals surface area (Å²) in [4.78, 5) is 65.8. The highest BCUT2D eigenvalue weighted by Crippen LogP contribution is 2.52. The molecule has 1 saturated heterocycles. The molecule has 3 heterocycles. The van der Waals surface area contributed by atoms with Crippen molar-refractivity contribution in [3.63, 3.8) is 0 Å². The number of hydrogen-bond donors (Lipinski definition) is 3. The fraction of sp³-hybridized carbons (Fsp3) is 0.650. The average Bonchev–Trinajstić information content (AvgIpc) is 3.77. The number of hydrogen-bond acceptors (Lipinski definition) is 10. The van der Waals surface area contributed by atoms with E-state index in [1.54, 1.807) is 17.8 Å². The summed E-state index contributed by atoms with van der Waals surface area (Å²) in [6.45, 7) is 11.7. The van der Waals surface area contributed by atoms with Crippen molar-refractivity contribution in [2.75, 3.05) is 19.4 Å². The molecule has 5 aliphatic rings. The topological polar surface area (TPSA) is 169 Å². The quantitative estimate of drug-likeness (QED) is 0.229. The van der Waals surface area contributed by atoms with Crippen LogP contribution in [0.3, 0.4) is 0 Å². The number of ether oxygens (including phenoxy) is 3. The van der Waals surface area contributed by atoms with Crippen LogP contribution in [0.15, 0.2) is 23.2 Å². The van der Waals surface area contributed by atoms with Gasteiger partial charge in [0.2, 0.25) is 11.8 Å². The molecule has 15 heteroatoms. The van der Waals surface area contributed by atoms with Crippen LogP contribution in [0.25, 0.3) is 10.9 Å². The van der Waals surface area contributed by atoms with Crippen LogP contribution in [0.2, 0.25) is 5.02 Å². The number of benzene rings is 1. The van der Waals surface area contributed by atoms with Gasteiger partial charge in [0.05, 0.1) is 30.9 Å². The van der Waals surface area contributed by atoms with E-state index in [1.165, 1.54) is 18.4 Å². The number of nitrogens with one attached hydrogen (secondary N) is 2. The van der Waals surface area contributed by atoms with Crippen molar-refractivity contribution in [3.05, 3.63) is 28.9 Å². The van der Waals surface area contributed by atoms with E-state index in [-0.39, 0.29) is 31.0 Å². The van der Waals surface area contributed by atoms with E-state index in [4.69, 9.17) is 35.8 Å². The molecule has 2 aliphatic heterocycles. The van der Waals surface area contributed by atoms with Crippen LogP contribution >= 0.6 is 23.4 Å². The maximum atomic E-state index is 14.7. The minimum Gasteiger partial charge on any atom is -0.495 e. The second kappa shape index (κ2) is 14.9. The first-order valence-corrected chi connectivity index (χ1v) is 20.8. The molecule has 9 atom stereocenters. The molecule has 3 amide bonds. The Morgan fingerprint density at radius 2 is 1.82 bits per heavy atom. The number of aliphatic imine (C=N–C) groups is 1. The van der Waals surface area contributed by atoms with E-state index >= 15 is 0 Å². The first-order chi connectivity index (χ1) is 26.0. The number of carbonyl (C=O) groups excluding carboxylic acids is 3. The number of amides is 3. The fourth-order valence-corrected chi connectivity index (χ4v) is 10.0. The van der Waals surface area contributed by atoms with Crippen LogP contribution in [0.1, 0.15) is 85.8 Å². The third-order valence-electron chi connectivity index (χ3n) is 12.0. The van der Waals surface area contributed by atoms with Gasteiger partial charge in [0.1, 0.15) is 51.4 Å². The number of carbonyl (C=O) groups is 4. The number of rotatable bonds is 12. The van der Waals surface area contributed by atoms with E-state index < -0.39 is 53.0 Å². The highest BCUT2D eigenvalue weighted by molar-refractivity contribution is 8.14. The van der Waals surface area contributed by atoms with E-state index in [0.29, 0.717) is 63.7 Å². The summed E-state index contributed by atoms with van der Waals surface area (Å²) in [6.07, 6.45) is 2.26. The molecule has 7 rings (SSSR count). The van der Waals surface area contributed by atoms with Crippen LogP contribution in [0.4, 0.5) is 4.79 Å². The van der Waals surface area contributed by atoms with Gasteiger partial charge in [-0.25, -0.2) is 14.6 Å². The van der Waals surface area contributed by atoms with E-state index in [1.807, 2.05) is 39.8 Å². The summed E-state index contributed by atoms with van der Waals surface area (Å²) in [6, 6.07) is 3.37. The summed E-state index contributed by atoms with van der Waals surface area (Å²) in [7, 11) is 1.53. The monoisotopic (exact) mass is 797 g/mol. The lowest BCUT2D eigenvalue weighted by molar-refractivity contribution is -0.146. The Morgan fingerprint density at radius 3 is 2.42 bits per heavy atom. The molecule has 3 saturated carbocycles. The van der Waals surface area contributed by atoms with E-state index in [0.717, 1.165) is 23.6 Å². The molecular weight excluding hydrogens is 746 g/mol. The van der Waals surface area contributed by atoms with Crippen molar-refractivity contribution < 1.29 is 38.5 Å². The normalized spacial score (nSPS) is 30.1. The molecule has 0 bridgehead atoms. The maximum absolute atomic E-state index is 14.7. The van der Waals surface area contributed by atoms with Gasteiger partial charge in [-0.15, -0.1) is 11.8 Å². The van der Waals surface area contributed by atoms with Crippen molar-refractivity contribution in [3.8, 4) is 11.5 Å². The number of alkyl carbamates (subject to hydrolysis) is 1. The molecule has 3 N–H and O–H groups in total. The number of aromatic nitrogens is 1. The molecule has 0 spiro atoms. The number of fused-ring (bicyclic) bond motifs is 2. The number of halogens is 1. The van der Waals surface area contributed by atoms with Gasteiger partial charge in [-0.3, -0.25) is 14.6 Å². The van der Waals surface area contributed by atoms with Gasteiger partial charge in [-0.1, -0.05) is 59.6 Å². The summed E-state index contributed by atoms with van der Waals surface area (Å²) >= 11 is 8.44. The van der Waals surface area contributed by atoms with Crippen LogP contribution in [-0.4, -0.2) is 99.2 Å². The zero-order chi connectivity index (χ0) is 39.6. The van der Waals surface area contributed by atoms with Gasteiger partial charge >= 0.3 is 12.1 Å². The Bertz CT molecular complexity index is 1910. The van der Waals surface area contributed by atoms with Crippen LogP contribution in [0.5, 0.6) is 11.5 Å². The lowest BCUT2D eigenvalue weighted by Gasteiger charge is -2.35. The van der Waals surface area contributed by atoms with Gasteiger partial charge in [0, 0.05) is 23.6 Å². The Labute approximate surface area is 331 Å². The Balaban J connectivity index is 1.20. The third-order valence-corrected chi connectivity index (χ3v) is 13.5. The highest BCUT2D eigenvalue weighted by Gasteiger charge is 2.61. The van der Waals surface area contributed by atoms with Crippen LogP contribution in [0, 0.1) is 29.1 Å². The number of carboxylic acids is 1. The Morgan fingerprint density at radius 1 is 1.09 bits per heavy atom. The van der Waals surface area contributed by atoms with Gasteiger partial charge in [-0.05, 0) is 66.9 Å². The second-order valence-electron chi connectivity index (χ2n) is 17.3. The van der Waals surface area contributed by atoms with Crippen molar-refractivity contribution >= 4 is 63.2 Å². The molecule has 298 valence electrons. The molecule has 55 heavy (non-hydrogen) atoms. The number of thioether (sulfide) groups is 1. The minimum absolute atomic E-state index is 0.00233. The van der Waals surface area contributed by atoms with Crippen molar-refractivity contribution in [2.24, 2.45) is 34.1 Å². The molecule has 2 unspecified atom stereocenters. The highest BCUT2D eigenvalue weighted by atomic mass is 35.5. The number of aliphatic carboxylic acids is 1. The second-order valence-corrected chi connectivity index (χ2v) is 18.7. The molecule has 1 aromatic carbocycles. The summed E-state index contributed by atoms with van der Waals surface area (Å²) in [5.41, 5.74) is -1.11. The fourth-order valence-electron chi connectivity index (χ4n) is 8.47. The predicted octanol–water partition coefficient (Wildman–Crippen LogP) is 6.07. The molecular formula is C40H52ClN5O8S. The van der Waals surface area contributed by atoms with Gasteiger partial charge in [-0.2, -0.15) is 0 Å². The lowest BCUT2D eigenvalue weighted by atomic mass is 9.85. The smallest absolute Gasteiger partial charge is 0.408 e. The molecule has 13 nitrogen and oxygen atoms in total. The van der Waals surface area contributed by atoms with Crippen LogP contribution in [-0.2, 0) is 19.1 Å². The third kappa shape index (κ3) is 7.82. The van der Waals surface area contributed by atoms with Crippen molar-refractivity contribution in [2.45, 2.75) is 116 Å². The number of nitrogens with zero attached hydrogens (tertiary/aromatic N) is 3. The lowest BCUT2D eigenvalue weighted by Crippen LogP contribution is -2.59. The molecule has 1 aromatic heterocycles. The van der Waals surface area contributed by atoms with Crippen LogP contribution < -0.4 is 20.1 Å². The van der Waals surface area contributed by atoms with Crippen molar-refractivity contribution in [1.82, 2.24) is 20.5 Å². The van der Waals surface area contributed by atoms with E-state index in [2.05, 4.69) is 24.5 Å². The molecule has 4 fully saturated rings. The minimum atomic E-state index is -1.40. The zero-order valence-corrected chi connectivity index (χ0v) is 34.1. The molecule has 2 aromatic rings. The zero-order valence-electron chi connectivity index (χ0n) is 32.5. The molecule has 3 aliphatic carbocycles.